The van der Waals surface area contributed by atoms with E-state index in [-0.39, 0.29) is 29.9 Å². The van der Waals surface area contributed by atoms with Crippen molar-refractivity contribution < 1.29 is 13.9 Å². The van der Waals surface area contributed by atoms with Gasteiger partial charge in [0.05, 0.1) is 30.5 Å². The van der Waals surface area contributed by atoms with Crippen molar-refractivity contribution in [2.75, 3.05) is 6.61 Å². The van der Waals surface area contributed by atoms with Crippen LogP contribution in [0.15, 0.2) is 23.1 Å². The number of amides is 1. The van der Waals surface area contributed by atoms with Gasteiger partial charge in [-0.15, -0.1) is 0 Å². The van der Waals surface area contributed by atoms with Gasteiger partial charge in [0.1, 0.15) is 6.26 Å². The summed E-state index contributed by atoms with van der Waals surface area (Å²) < 4.78 is 13.1. The molecule has 1 amide bonds. The molecule has 3 heterocycles. The number of rotatable bonds is 4. The standard InChI is InChI=1S/C18H26N4O3/c1-18(2,3)14-11-25-15(21-14)9-19-17(23)13-6-5-7-24-16(13)12-8-20-22(4)10-12/h8,10-11,13,16H,5-7,9H2,1-4H3,(H,19,23)/t13-,16+/m1/s1. The largest absolute Gasteiger partial charge is 0.447 e. The minimum absolute atomic E-state index is 0.0379. The Hall–Kier alpha value is -2.15. The highest BCUT2D eigenvalue weighted by molar-refractivity contribution is 5.79. The topological polar surface area (TPSA) is 82.2 Å². The molecular weight excluding hydrogens is 320 g/mol. The maximum atomic E-state index is 12.7. The number of oxazole rings is 1. The van der Waals surface area contributed by atoms with Crippen LogP contribution < -0.4 is 5.32 Å². The van der Waals surface area contributed by atoms with Gasteiger partial charge in [-0.3, -0.25) is 9.48 Å². The van der Waals surface area contributed by atoms with E-state index in [1.165, 1.54) is 0 Å². The van der Waals surface area contributed by atoms with Gasteiger partial charge >= 0.3 is 0 Å². The quantitative estimate of drug-likeness (QED) is 0.920. The molecule has 0 radical (unpaired) electrons. The first-order valence-electron chi connectivity index (χ1n) is 8.67. The summed E-state index contributed by atoms with van der Waals surface area (Å²) in [7, 11) is 1.86. The van der Waals surface area contributed by atoms with Crippen LogP contribution in [0, 0.1) is 5.92 Å². The van der Waals surface area contributed by atoms with Gasteiger partial charge in [0, 0.05) is 30.8 Å². The summed E-state index contributed by atoms with van der Waals surface area (Å²) in [5.74, 6) is 0.256. The Morgan fingerprint density at radius 3 is 2.88 bits per heavy atom. The zero-order valence-corrected chi connectivity index (χ0v) is 15.3. The highest BCUT2D eigenvalue weighted by atomic mass is 16.5. The van der Waals surface area contributed by atoms with Crippen LogP contribution in [-0.2, 0) is 28.5 Å². The highest BCUT2D eigenvalue weighted by Crippen LogP contribution is 2.33. The molecule has 0 aliphatic carbocycles. The molecule has 136 valence electrons. The Bertz CT molecular complexity index is 729. The Morgan fingerprint density at radius 2 is 2.24 bits per heavy atom. The fraction of sp³-hybridized carbons (Fsp3) is 0.611. The van der Waals surface area contributed by atoms with E-state index in [4.69, 9.17) is 9.15 Å². The monoisotopic (exact) mass is 346 g/mol. The molecule has 25 heavy (non-hydrogen) atoms. The minimum Gasteiger partial charge on any atom is -0.447 e. The molecular formula is C18H26N4O3. The van der Waals surface area contributed by atoms with E-state index < -0.39 is 0 Å². The first kappa shape index (κ1) is 17.7. The van der Waals surface area contributed by atoms with E-state index in [9.17, 15) is 4.79 Å². The second-order valence-electron chi connectivity index (χ2n) is 7.58. The van der Waals surface area contributed by atoms with Gasteiger partial charge in [-0.2, -0.15) is 5.10 Å². The van der Waals surface area contributed by atoms with Crippen LogP contribution in [0.1, 0.15) is 56.9 Å². The van der Waals surface area contributed by atoms with E-state index in [0.29, 0.717) is 12.5 Å². The third-order valence-corrected chi connectivity index (χ3v) is 4.45. The maximum Gasteiger partial charge on any atom is 0.226 e. The smallest absolute Gasteiger partial charge is 0.226 e. The lowest BCUT2D eigenvalue weighted by molar-refractivity contribution is -0.135. The molecule has 2 aromatic rings. The Labute approximate surface area is 147 Å². The van der Waals surface area contributed by atoms with Crippen LogP contribution in [0.25, 0.3) is 0 Å². The third-order valence-electron chi connectivity index (χ3n) is 4.45. The lowest BCUT2D eigenvalue weighted by Gasteiger charge is -2.30. The van der Waals surface area contributed by atoms with Crippen molar-refractivity contribution in [3.63, 3.8) is 0 Å². The van der Waals surface area contributed by atoms with Gasteiger partial charge < -0.3 is 14.5 Å². The van der Waals surface area contributed by atoms with Crippen molar-refractivity contribution >= 4 is 5.91 Å². The van der Waals surface area contributed by atoms with Crippen LogP contribution in [0.5, 0.6) is 0 Å². The fourth-order valence-electron chi connectivity index (χ4n) is 3.00. The average Bonchev–Trinajstić information content (AvgIpc) is 3.21. The number of aryl methyl sites for hydroxylation is 1. The number of carbonyl (C=O) groups excluding carboxylic acids is 1. The summed E-state index contributed by atoms with van der Waals surface area (Å²) in [5, 5.41) is 7.12. The van der Waals surface area contributed by atoms with E-state index in [0.717, 1.165) is 24.1 Å². The third kappa shape index (κ3) is 4.10. The van der Waals surface area contributed by atoms with Crippen LogP contribution >= 0.6 is 0 Å². The van der Waals surface area contributed by atoms with Gasteiger partial charge in [0.15, 0.2) is 0 Å². The lowest BCUT2D eigenvalue weighted by atomic mass is 9.90. The van der Waals surface area contributed by atoms with Crippen LogP contribution in [0.4, 0.5) is 0 Å². The van der Waals surface area contributed by atoms with E-state index in [1.807, 2.05) is 13.2 Å². The number of carbonyl (C=O) groups is 1. The lowest BCUT2D eigenvalue weighted by Crippen LogP contribution is -2.37. The molecule has 7 nitrogen and oxygen atoms in total. The zero-order chi connectivity index (χ0) is 18.0. The summed E-state index contributed by atoms with van der Waals surface area (Å²) >= 11 is 0. The van der Waals surface area contributed by atoms with Crippen LogP contribution in [0.2, 0.25) is 0 Å². The number of ether oxygens (including phenoxy) is 1. The Balaban J connectivity index is 1.64. The molecule has 1 N–H and O–H groups in total. The van der Waals surface area contributed by atoms with Gasteiger partial charge in [-0.25, -0.2) is 4.98 Å². The number of nitrogens with one attached hydrogen (secondary N) is 1. The van der Waals surface area contributed by atoms with Crippen LogP contribution in [-0.4, -0.2) is 27.3 Å². The normalized spacial score (nSPS) is 21.3. The van der Waals surface area contributed by atoms with Crippen molar-refractivity contribution in [3.05, 3.63) is 35.8 Å². The van der Waals surface area contributed by atoms with Crippen molar-refractivity contribution in [1.29, 1.82) is 0 Å². The van der Waals surface area contributed by atoms with Gasteiger partial charge in [0.2, 0.25) is 11.8 Å². The van der Waals surface area contributed by atoms with E-state index >= 15 is 0 Å². The molecule has 3 rings (SSSR count). The first-order chi connectivity index (χ1) is 11.8. The number of hydrogen-bond donors (Lipinski definition) is 1. The fourth-order valence-corrected chi connectivity index (χ4v) is 3.00. The summed E-state index contributed by atoms with van der Waals surface area (Å²) in [5.41, 5.74) is 1.74. The molecule has 0 saturated carbocycles. The molecule has 2 atom stereocenters. The number of nitrogens with zero attached hydrogens (tertiary/aromatic N) is 3. The molecule has 1 saturated heterocycles. The molecule has 0 spiro atoms. The van der Waals surface area contributed by atoms with E-state index in [1.54, 1.807) is 17.1 Å². The SMILES string of the molecule is Cn1cc([C@@H]2OCCC[C@H]2C(=O)NCc2nc(C(C)(C)C)co2)cn1. The second-order valence-corrected chi connectivity index (χ2v) is 7.58. The Kier molecular flexibility index (Phi) is 4.94. The molecule has 1 aliphatic rings. The summed E-state index contributed by atoms with van der Waals surface area (Å²) in [6.07, 6.45) is 6.74. The van der Waals surface area contributed by atoms with Crippen molar-refractivity contribution in [3.8, 4) is 0 Å². The Morgan fingerprint density at radius 1 is 1.44 bits per heavy atom. The van der Waals surface area contributed by atoms with Crippen molar-refractivity contribution in [2.24, 2.45) is 13.0 Å². The van der Waals surface area contributed by atoms with Crippen LogP contribution in [0.3, 0.4) is 0 Å². The highest BCUT2D eigenvalue weighted by Gasteiger charge is 2.34. The molecule has 7 heteroatoms. The molecule has 1 fully saturated rings. The van der Waals surface area contributed by atoms with Gasteiger partial charge in [-0.05, 0) is 12.8 Å². The maximum absolute atomic E-state index is 12.7. The summed E-state index contributed by atoms with van der Waals surface area (Å²) in [4.78, 5) is 17.1. The molecule has 0 bridgehead atoms. The first-order valence-corrected chi connectivity index (χ1v) is 8.67. The zero-order valence-electron chi connectivity index (χ0n) is 15.3. The van der Waals surface area contributed by atoms with E-state index in [2.05, 4.69) is 36.2 Å². The number of aromatic nitrogens is 3. The number of hydrogen-bond acceptors (Lipinski definition) is 5. The predicted molar refractivity (Wildman–Crippen MR) is 91.7 cm³/mol. The van der Waals surface area contributed by atoms with Crippen molar-refractivity contribution in [1.82, 2.24) is 20.1 Å². The summed E-state index contributed by atoms with van der Waals surface area (Å²) in [6, 6.07) is 0. The van der Waals surface area contributed by atoms with Crippen molar-refractivity contribution in [2.45, 2.75) is 51.7 Å². The predicted octanol–water partition coefficient (Wildman–Crippen LogP) is 2.49. The van der Waals surface area contributed by atoms with Gasteiger partial charge in [0.25, 0.3) is 0 Å². The average molecular weight is 346 g/mol. The minimum atomic E-state index is -0.253. The molecule has 0 unspecified atom stereocenters. The second kappa shape index (κ2) is 7.00. The molecule has 1 aliphatic heterocycles. The summed E-state index contributed by atoms with van der Waals surface area (Å²) in [6.45, 7) is 7.17. The molecule has 2 aromatic heterocycles. The van der Waals surface area contributed by atoms with Gasteiger partial charge in [-0.1, -0.05) is 20.8 Å². The molecule has 0 aromatic carbocycles.